The van der Waals surface area contributed by atoms with Crippen molar-refractivity contribution in [2.45, 2.75) is 84.1 Å². The fourth-order valence-corrected chi connectivity index (χ4v) is 4.12. The van der Waals surface area contributed by atoms with Crippen LogP contribution in [0.5, 0.6) is 0 Å². The van der Waals surface area contributed by atoms with E-state index in [0.29, 0.717) is 5.76 Å². The summed E-state index contributed by atoms with van der Waals surface area (Å²) in [4.78, 5) is 0. The lowest BCUT2D eigenvalue weighted by molar-refractivity contribution is -0.0551. The van der Waals surface area contributed by atoms with Crippen LogP contribution in [0.2, 0.25) is 0 Å². The summed E-state index contributed by atoms with van der Waals surface area (Å²) in [6, 6.07) is 0. The Morgan fingerprint density at radius 1 is 1.00 bits per heavy atom. The molecule has 140 valence electrons. The highest BCUT2D eigenvalue weighted by atomic mass is 16.5. The first kappa shape index (κ1) is 21.2. The zero-order valence-electron chi connectivity index (χ0n) is 15.8. The molecule has 0 amide bonds. The normalized spacial score (nSPS) is 31.7. The first-order valence-electron chi connectivity index (χ1n) is 9.69. The molecule has 0 radical (unpaired) electrons. The van der Waals surface area contributed by atoms with Crippen LogP contribution in [0.15, 0.2) is 24.5 Å². The summed E-state index contributed by atoms with van der Waals surface area (Å²) in [7, 11) is 0. The van der Waals surface area contributed by atoms with Crippen molar-refractivity contribution in [3.63, 3.8) is 0 Å². The summed E-state index contributed by atoms with van der Waals surface area (Å²) in [5.41, 5.74) is 12.4. The Hall–Kier alpha value is -0.840. The van der Waals surface area contributed by atoms with Crippen LogP contribution >= 0.6 is 0 Å². The molecular formula is C20H38N2O2. The first-order valence-corrected chi connectivity index (χ1v) is 9.69. The lowest BCUT2D eigenvalue weighted by Gasteiger charge is -2.41. The van der Waals surface area contributed by atoms with Gasteiger partial charge in [-0.15, -0.1) is 0 Å². The highest BCUT2D eigenvalue weighted by Gasteiger charge is 2.38. The van der Waals surface area contributed by atoms with Crippen molar-refractivity contribution in [2.75, 3.05) is 0 Å². The summed E-state index contributed by atoms with van der Waals surface area (Å²) >= 11 is 0. The van der Waals surface area contributed by atoms with Gasteiger partial charge in [-0.1, -0.05) is 20.4 Å². The van der Waals surface area contributed by atoms with Crippen LogP contribution in [0.4, 0.5) is 0 Å². The van der Waals surface area contributed by atoms with Gasteiger partial charge < -0.3 is 9.84 Å². The molecule has 2 aliphatic rings. The topological polar surface area (TPSA) is 81.5 Å². The van der Waals surface area contributed by atoms with Gasteiger partial charge in [0.2, 0.25) is 5.85 Å². The lowest BCUT2D eigenvalue weighted by Crippen LogP contribution is -2.58. The molecule has 0 aromatic carbocycles. The van der Waals surface area contributed by atoms with E-state index >= 15 is 0 Å². The monoisotopic (exact) mass is 338 g/mol. The first-order chi connectivity index (χ1) is 11.5. The summed E-state index contributed by atoms with van der Waals surface area (Å²) < 4.78 is 5.74. The number of nitrogens with two attached hydrogens (primary N) is 2. The van der Waals surface area contributed by atoms with E-state index in [2.05, 4.69) is 6.58 Å². The van der Waals surface area contributed by atoms with Crippen molar-refractivity contribution in [2.24, 2.45) is 29.2 Å². The Morgan fingerprint density at radius 3 is 1.88 bits per heavy atom. The van der Waals surface area contributed by atoms with Crippen molar-refractivity contribution in [1.29, 1.82) is 0 Å². The summed E-state index contributed by atoms with van der Waals surface area (Å²) in [6.45, 7) is 9.61. The maximum Gasteiger partial charge on any atom is 0.215 e. The third kappa shape index (κ3) is 5.91. The van der Waals surface area contributed by atoms with Gasteiger partial charge in [-0.2, -0.15) is 0 Å². The third-order valence-corrected chi connectivity index (χ3v) is 5.60. The number of aliphatic hydroxyl groups is 1. The summed E-state index contributed by atoms with van der Waals surface area (Å²) in [5.74, 6) is 1.26. The van der Waals surface area contributed by atoms with E-state index in [9.17, 15) is 5.11 Å². The van der Waals surface area contributed by atoms with Gasteiger partial charge >= 0.3 is 0 Å². The third-order valence-electron chi connectivity index (χ3n) is 5.60. The molecule has 4 heteroatoms. The van der Waals surface area contributed by atoms with E-state index in [1.165, 1.54) is 25.7 Å². The van der Waals surface area contributed by atoms with Crippen molar-refractivity contribution in [3.8, 4) is 0 Å². The molecular weight excluding hydrogens is 300 g/mol. The standard InChI is InChI=1S/C18H32N2O2.C2H6/c1-3-17(4-2)22-18(19,20)15-9-5-13(6-10-15)14-7-11-16(21)12-8-14;1-2/h3-4,13-16,21H,1,5-12,19-20H2,2H3;1-2H3/b17-4+;. The van der Waals surface area contributed by atoms with Crippen molar-refractivity contribution in [1.82, 2.24) is 0 Å². The van der Waals surface area contributed by atoms with E-state index in [1.807, 2.05) is 26.8 Å². The van der Waals surface area contributed by atoms with E-state index in [1.54, 1.807) is 6.08 Å². The molecule has 0 bridgehead atoms. The van der Waals surface area contributed by atoms with Gasteiger partial charge in [0, 0.05) is 5.92 Å². The minimum Gasteiger partial charge on any atom is -0.460 e. The molecule has 5 N–H and O–H groups in total. The smallest absolute Gasteiger partial charge is 0.215 e. The molecule has 24 heavy (non-hydrogen) atoms. The van der Waals surface area contributed by atoms with Crippen molar-refractivity contribution < 1.29 is 9.84 Å². The molecule has 2 fully saturated rings. The number of hydrogen-bond acceptors (Lipinski definition) is 4. The molecule has 0 saturated heterocycles. The van der Waals surface area contributed by atoms with Gasteiger partial charge in [-0.3, -0.25) is 11.5 Å². The van der Waals surface area contributed by atoms with Gasteiger partial charge in [0.15, 0.2) is 0 Å². The minimum absolute atomic E-state index is 0.0696. The molecule has 4 nitrogen and oxygen atoms in total. The zero-order valence-corrected chi connectivity index (χ0v) is 15.8. The second-order valence-corrected chi connectivity index (χ2v) is 7.03. The molecule has 0 aromatic rings. The van der Waals surface area contributed by atoms with Gasteiger partial charge in [-0.05, 0) is 82.3 Å². The Labute approximate surface area is 148 Å². The lowest BCUT2D eigenvalue weighted by atomic mass is 9.70. The van der Waals surface area contributed by atoms with Crippen LogP contribution in [0.3, 0.4) is 0 Å². The van der Waals surface area contributed by atoms with Crippen LogP contribution < -0.4 is 11.5 Å². The number of aliphatic hydroxyl groups excluding tert-OH is 1. The average molecular weight is 339 g/mol. The molecule has 0 aliphatic heterocycles. The molecule has 0 atom stereocenters. The average Bonchev–Trinajstić information content (AvgIpc) is 2.62. The second kappa shape index (κ2) is 10.2. The molecule has 2 rings (SSSR count). The Morgan fingerprint density at radius 2 is 1.46 bits per heavy atom. The van der Waals surface area contributed by atoms with Crippen LogP contribution in [-0.4, -0.2) is 17.1 Å². The van der Waals surface area contributed by atoms with Crippen LogP contribution in [-0.2, 0) is 4.74 Å². The van der Waals surface area contributed by atoms with E-state index in [-0.39, 0.29) is 12.0 Å². The maximum atomic E-state index is 9.64. The summed E-state index contributed by atoms with van der Waals surface area (Å²) in [5, 5.41) is 9.64. The molecule has 2 aliphatic carbocycles. The Kier molecular flexibility index (Phi) is 9.03. The Bertz CT molecular complexity index is 390. The second-order valence-electron chi connectivity index (χ2n) is 7.03. The fourth-order valence-electron chi connectivity index (χ4n) is 4.12. The van der Waals surface area contributed by atoms with E-state index < -0.39 is 5.85 Å². The highest BCUT2D eigenvalue weighted by Crippen LogP contribution is 2.41. The summed E-state index contributed by atoms with van der Waals surface area (Å²) in [6.07, 6.45) is 12.1. The minimum atomic E-state index is -1.11. The molecule has 0 aromatic heterocycles. The number of hydrogen-bond donors (Lipinski definition) is 3. The van der Waals surface area contributed by atoms with Crippen LogP contribution in [0, 0.1) is 17.8 Å². The maximum absolute atomic E-state index is 9.64. The van der Waals surface area contributed by atoms with Gasteiger partial charge in [-0.25, -0.2) is 0 Å². The SMILES string of the molecule is C=C/C(=C\C)OC(N)(N)C1CCC(C2CCC(O)CC2)CC1.CC. The molecule has 0 spiro atoms. The van der Waals surface area contributed by atoms with E-state index in [4.69, 9.17) is 16.2 Å². The largest absolute Gasteiger partial charge is 0.460 e. The predicted molar refractivity (Wildman–Crippen MR) is 101 cm³/mol. The predicted octanol–water partition coefficient (Wildman–Crippen LogP) is 4.05. The van der Waals surface area contributed by atoms with Gasteiger partial charge in [0.1, 0.15) is 5.76 Å². The molecule has 2 saturated carbocycles. The van der Waals surface area contributed by atoms with Crippen LogP contribution in [0.1, 0.15) is 72.1 Å². The van der Waals surface area contributed by atoms with Crippen molar-refractivity contribution >= 4 is 0 Å². The zero-order chi connectivity index (χ0) is 18.2. The Balaban J connectivity index is 0.00000139. The van der Waals surface area contributed by atoms with E-state index in [0.717, 1.165) is 37.5 Å². The quantitative estimate of drug-likeness (QED) is 0.401. The number of rotatable bonds is 5. The molecule has 0 unspecified atom stereocenters. The molecule has 0 heterocycles. The highest BCUT2D eigenvalue weighted by molar-refractivity contribution is 5.08. The van der Waals surface area contributed by atoms with Crippen LogP contribution in [0.25, 0.3) is 0 Å². The van der Waals surface area contributed by atoms with Crippen molar-refractivity contribution in [3.05, 3.63) is 24.5 Å². The van der Waals surface area contributed by atoms with Gasteiger partial charge in [0.25, 0.3) is 0 Å². The number of ether oxygens (including phenoxy) is 1. The van der Waals surface area contributed by atoms with Gasteiger partial charge in [0.05, 0.1) is 6.10 Å². The number of allylic oxidation sites excluding steroid dienone is 2. The fraction of sp³-hybridized carbons (Fsp3) is 0.800.